The van der Waals surface area contributed by atoms with Crippen molar-refractivity contribution in [3.8, 4) is 0 Å². The fourth-order valence-electron chi connectivity index (χ4n) is 4.19. The molecule has 2 aliphatic heterocycles. The van der Waals surface area contributed by atoms with Crippen LogP contribution in [-0.4, -0.2) is 54.4 Å². The molecule has 2 heterocycles. The van der Waals surface area contributed by atoms with Crippen LogP contribution in [0.1, 0.15) is 52.5 Å². The summed E-state index contributed by atoms with van der Waals surface area (Å²) in [5, 5.41) is 2.81. The minimum atomic E-state index is -1.00. The molecule has 0 radical (unpaired) electrons. The maximum absolute atomic E-state index is 12.7. The van der Waals surface area contributed by atoms with Crippen LogP contribution in [0.15, 0.2) is 54.6 Å². The molecule has 0 aromatic heterocycles. The Morgan fingerprint density at radius 1 is 1.03 bits per heavy atom. The van der Waals surface area contributed by atoms with Crippen molar-refractivity contribution in [1.29, 1.82) is 0 Å². The molecule has 2 aliphatic rings. The van der Waals surface area contributed by atoms with E-state index >= 15 is 0 Å². The molecule has 174 valence electrons. The first-order valence-corrected chi connectivity index (χ1v) is 11.2. The van der Waals surface area contributed by atoms with E-state index < -0.39 is 11.9 Å². The summed E-state index contributed by atoms with van der Waals surface area (Å²) >= 11 is 0. The van der Waals surface area contributed by atoms with Gasteiger partial charge in [-0.3, -0.25) is 14.5 Å². The number of rotatable bonds is 8. The number of hydrogen-bond acceptors (Lipinski definition) is 6. The van der Waals surface area contributed by atoms with Crippen molar-refractivity contribution in [3.63, 3.8) is 0 Å². The van der Waals surface area contributed by atoms with E-state index in [0.717, 1.165) is 12.0 Å². The van der Waals surface area contributed by atoms with Gasteiger partial charge < -0.3 is 19.5 Å². The minimum Gasteiger partial charge on any atom is -0.445 e. The van der Waals surface area contributed by atoms with Crippen molar-refractivity contribution in [1.82, 2.24) is 10.2 Å². The number of ether oxygens (including phenoxy) is 3. The van der Waals surface area contributed by atoms with Crippen LogP contribution in [0.5, 0.6) is 0 Å². The summed E-state index contributed by atoms with van der Waals surface area (Å²) in [5.74, 6) is -1.62. The molecule has 8 heteroatoms. The van der Waals surface area contributed by atoms with Crippen LogP contribution in [0, 0.1) is 0 Å². The van der Waals surface area contributed by atoms with Crippen molar-refractivity contribution in [2.45, 2.75) is 44.6 Å². The molecule has 0 unspecified atom stereocenters. The lowest BCUT2D eigenvalue weighted by Gasteiger charge is -2.39. The monoisotopic (exact) mass is 452 g/mol. The molecule has 0 saturated carbocycles. The Balaban J connectivity index is 1.34. The number of nitrogens with zero attached hydrogens (tertiary/aromatic N) is 1. The second-order valence-corrected chi connectivity index (χ2v) is 8.33. The van der Waals surface area contributed by atoms with Crippen molar-refractivity contribution in [2.24, 2.45) is 0 Å². The van der Waals surface area contributed by atoms with E-state index in [4.69, 9.17) is 14.2 Å². The number of imide groups is 1. The molecule has 4 rings (SSSR count). The topological polar surface area (TPSA) is 94.2 Å². The average molecular weight is 453 g/mol. The van der Waals surface area contributed by atoms with Gasteiger partial charge in [0.2, 0.25) is 0 Å². The quantitative estimate of drug-likeness (QED) is 0.616. The Hall–Kier alpha value is -3.23. The van der Waals surface area contributed by atoms with Crippen molar-refractivity contribution >= 4 is 17.9 Å². The Labute approximate surface area is 192 Å². The summed E-state index contributed by atoms with van der Waals surface area (Å²) in [6.45, 7) is 3.20. The van der Waals surface area contributed by atoms with E-state index in [1.165, 1.54) is 4.90 Å². The summed E-state index contributed by atoms with van der Waals surface area (Å²) in [6.07, 6.45) is 0.896. The van der Waals surface area contributed by atoms with E-state index in [2.05, 4.69) is 5.32 Å². The third kappa shape index (κ3) is 5.40. The van der Waals surface area contributed by atoms with Gasteiger partial charge in [-0.1, -0.05) is 42.5 Å². The fourth-order valence-corrected chi connectivity index (χ4v) is 4.19. The zero-order valence-corrected chi connectivity index (χ0v) is 18.6. The van der Waals surface area contributed by atoms with Gasteiger partial charge in [-0.25, -0.2) is 4.79 Å². The number of carbonyl (C=O) groups is 3. The van der Waals surface area contributed by atoms with E-state index in [1.54, 1.807) is 24.3 Å². The molecule has 0 aliphatic carbocycles. The largest absolute Gasteiger partial charge is 0.445 e. The van der Waals surface area contributed by atoms with Gasteiger partial charge in [0.05, 0.1) is 24.3 Å². The van der Waals surface area contributed by atoms with Crippen LogP contribution in [-0.2, 0) is 20.8 Å². The molecule has 2 aromatic carbocycles. The molecule has 33 heavy (non-hydrogen) atoms. The lowest BCUT2D eigenvalue weighted by atomic mass is 10.0. The number of nitrogens with one attached hydrogen (secondary N) is 1. The Kier molecular flexibility index (Phi) is 7.05. The van der Waals surface area contributed by atoms with Crippen molar-refractivity contribution in [3.05, 3.63) is 71.3 Å². The predicted octanol–water partition coefficient (Wildman–Crippen LogP) is 3.51. The first-order valence-electron chi connectivity index (χ1n) is 11.2. The van der Waals surface area contributed by atoms with Crippen LogP contribution in [0.4, 0.5) is 4.79 Å². The molecule has 0 bridgehead atoms. The lowest BCUT2D eigenvalue weighted by Crippen LogP contribution is -2.49. The van der Waals surface area contributed by atoms with Gasteiger partial charge in [0.25, 0.3) is 11.8 Å². The van der Waals surface area contributed by atoms with E-state index in [1.807, 2.05) is 37.3 Å². The zero-order chi connectivity index (χ0) is 23.3. The molecule has 1 atom stereocenters. The standard InChI is InChI=1S/C25H28N2O6/c1-18(26-24(30)31-17-19-8-3-2-4-9-19)16-25(32-14-7-15-33-25)12-13-27-22(28)20-10-5-6-11-21(20)23(27)29/h2-6,8-11,18H,7,12-17H2,1H3,(H,26,30)/t18-/m1/s1. The highest BCUT2D eigenvalue weighted by Crippen LogP contribution is 2.31. The van der Waals surface area contributed by atoms with Crippen LogP contribution >= 0.6 is 0 Å². The number of amides is 3. The van der Waals surface area contributed by atoms with E-state index in [9.17, 15) is 14.4 Å². The molecule has 3 amide bonds. The SMILES string of the molecule is C[C@H](CC1(CCN2C(=O)c3ccccc3C2=O)OCCCO1)NC(=O)OCc1ccccc1. The summed E-state index contributed by atoms with van der Waals surface area (Å²) in [4.78, 5) is 38.9. The number of benzene rings is 2. The predicted molar refractivity (Wildman–Crippen MR) is 120 cm³/mol. The van der Waals surface area contributed by atoms with Crippen molar-refractivity contribution < 1.29 is 28.6 Å². The van der Waals surface area contributed by atoms with Crippen LogP contribution < -0.4 is 5.32 Å². The molecule has 1 fully saturated rings. The molecular weight excluding hydrogens is 424 g/mol. The second-order valence-electron chi connectivity index (χ2n) is 8.33. The number of hydrogen-bond donors (Lipinski definition) is 1. The number of carbonyl (C=O) groups excluding carboxylic acids is 3. The lowest BCUT2D eigenvalue weighted by molar-refractivity contribution is -0.275. The molecule has 2 aromatic rings. The Morgan fingerprint density at radius 3 is 2.27 bits per heavy atom. The number of alkyl carbamates (subject to hydrolysis) is 1. The molecule has 8 nitrogen and oxygen atoms in total. The average Bonchev–Trinajstić information content (AvgIpc) is 3.07. The van der Waals surface area contributed by atoms with Gasteiger partial charge in [0, 0.05) is 25.4 Å². The van der Waals surface area contributed by atoms with Gasteiger partial charge in [-0.2, -0.15) is 0 Å². The van der Waals surface area contributed by atoms with Crippen molar-refractivity contribution in [2.75, 3.05) is 19.8 Å². The van der Waals surface area contributed by atoms with Gasteiger partial charge in [-0.15, -0.1) is 0 Å². The molecular formula is C25H28N2O6. The van der Waals surface area contributed by atoms with Gasteiger partial charge in [0.15, 0.2) is 5.79 Å². The summed E-state index contributed by atoms with van der Waals surface area (Å²) < 4.78 is 17.3. The molecule has 0 spiro atoms. The summed E-state index contributed by atoms with van der Waals surface area (Å²) in [6, 6.07) is 15.9. The summed E-state index contributed by atoms with van der Waals surface area (Å²) in [5.41, 5.74) is 1.73. The van der Waals surface area contributed by atoms with E-state index in [-0.39, 0.29) is 31.0 Å². The third-order valence-electron chi connectivity index (χ3n) is 5.81. The zero-order valence-electron chi connectivity index (χ0n) is 18.6. The Morgan fingerprint density at radius 2 is 1.64 bits per heavy atom. The van der Waals surface area contributed by atoms with Crippen LogP contribution in [0.2, 0.25) is 0 Å². The maximum Gasteiger partial charge on any atom is 0.407 e. The van der Waals surface area contributed by atoms with Gasteiger partial charge in [0.1, 0.15) is 6.61 Å². The first kappa shape index (κ1) is 22.9. The summed E-state index contributed by atoms with van der Waals surface area (Å²) in [7, 11) is 0. The smallest absolute Gasteiger partial charge is 0.407 e. The number of fused-ring (bicyclic) bond motifs is 1. The minimum absolute atomic E-state index is 0.164. The fraction of sp³-hybridized carbons (Fsp3) is 0.400. The van der Waals surface area contributed by atoms with Gasteiger partial charge >= 0.3 is 6.09 Å². The van der Waals surface area contributed by atoms with Gasteiger partial charge in [-0.05, 0) is 31.0 Å². The Bertz CT molecular complexity index is 968. The first-order chi connectivity index (χ1) is 16.0. The molecule has 1 N–H and O–H groups in total. The maximum atomic E-state index is 12.7. The highest BCUT2D eigenvalue weighted by Gasteiger charge is 2.41. The van der Waals surface area contributed by atoms with E-state index in [0.29, 0.717) is 37.2 Å². The van der Waals surface area contributed by atoms with Crippen LogP contribution in [0.25, 0.3) is 0 Å². The normalized spacial score (nSPS) is 18.0. The van der Waals surface area contributed by atoms with Crippen LogP contribution in [0.3, 0.4) is 0 Å². The highest BCUT2D eigenvalue weighted by atomic mass is 16.7. The third-order valence-corrected chi connectivity index (χ3v) is 5.81. The second kappa shape index (κ2) is 10.1. The highest BCUT2D eigenvalue weighted by molar-refractivity contribution is 6.21. The molecule has 1 saturated heterocycles.